The molecule has 38 heavy (non-hydrogen) atoms. The van der Waals surface area contributed by atoms with Gasteiger partial charge < -0.3 is 30.4 Å². The first-order valence-electron chi connectivity index (χ1n) is 16.9. The minimum absolute atomic E-state index is 0.0589. The Morgan fingerprint density at radius 1 is 1.26 bits per heavy atom. The first-order chi connectivity index (χ1) is 22.0. The molecule has 1 amide bonds. The Balaban J connectivity index is 1.67. The highest BCUT2D eigenvalue weighted by Gasteiger charge is 2.44. The second-order valence-corrected chi connectivity index (χ2v) is 10.9. The third-order valence-electron chi connectivity index (χ3n) is 6.16. The highest BCUT2D eigenvalue weighted by molar-refractivity contribution is 7.89. The van der Waals surface area contributed by atoms with Crippen LogP contribution in [-0.4, -0.2) is 74.7 Å². The van der Waals surface area contributed by atoms with Crippen molar-refractivity contribution in [1.29, 1.82) is 0 Å². The predicted molar refractivity (Wildman–Crippen MR) is 142 cm³/mol. The molecule has 4 N–H and O–H groups in total. The molecule has 2 heterocycles. The van der Waals surface area contributed by atoms with Gasteiger partial charge in [0.25, 0.3) is 0 Å². The van der Waals surface area contributed by atoms with Gasteiger partial charge in [-0.1, -0.05) is 44.0 Å². The minimum Gasteiger partial charge on any atom is -0.443 e. The summed E-state index contributed by atoms with van der Waals surface area (Å²) in [6, 6.07) is 11.6. The first kappa shape index (κ1) is 17.8. The van der Waals surface area contributed by atoms with Crippen molar-refractivity contribution in [1.82, 2.24) is 9.62 Å². The normalized spacial score (nSPS) is 30.9. The summed E-state index contributed by atoms with van der Waals surface area (Å²) in [5.41, 5.74) is 6.42. The lowest BCUT2D eigenvalue weighted by atomic mass is 10.0. The molecule has 2 aromatic carbocycles. The maximum atomic E-state index is 13.9. The lowest BCUT2D eigenvalue weighted by Gasteiger charge is -2.31. The van der Waals surface area contributed by atoms with Gasteiger partial charge >= 0.3 is 6.09 Å². The number of aliphatic hydroxyl groups excluding tert-OH is 1. The van der Waals surface area contributed by atoms with Crippen LogP contribution in [0.25, 0.3) is 0 Å². The monoisotopic (exact) mass is 557 g/mol. The Labute approximate surface area is 238 Å². The van der Waals surface area contributed by atoms with Crippen molar-refractivity contribution >= 4 is 21.8 Å². The molecule has 2 aliphatic heterocycles. The van der Waals surface area contributed by atoms with E-state index >= 15 is 0 Å². The van der Waals surface area contributed by atoms with Crippen LogP contribution in [0.15, 0.2) is 59.5 Å². The van der Waals surface area contributed by atoms with Crippen LogP contribution in [0.5, 0.6) is 0 Å². The van der Waals surface area contributed by atoms with Crippen LogP contribution >= 0.6 is 0 Å². The maximum Gasteiger partial charge on any atom is 0.407 e. The summed E-state index contributed by atoms with van der Waals surface area (Å²) in [6.45, 7) is -12.0. The van der Waals surface area contributed by atoms with E-state index in [1.54, 1.807) is 30.3 Å². The molecule has 2 aromatic rings. The standard InChI is InChI=1S/C27H37N3O7S/c1-18(2)15-30(38(33,34)21-10-8-20(28)9-11-21)16-24(31)23(14-19-6-4-3-5-7-19)29-27(32)37-25-17-36-26-22(25)12-13-35-26/h3-11,18,22-26,31H,12-17,28H2,1-2H3,(H,29,32)/t22-,23-,24+,25-,26+/m0/s1/i1D3,2D3,17D2,18D,26D. The summed E-state index contributed by atoms with van der Waals surface area (Å²) in [4.78, 5) is 12.8. The molecule has 10 nitrogen and oxygen atoms in total. The second-order valence-electron chi connectivity index (χ2n) is 8.96. The zero-order valence-corrected chi connectivity index (χ0v) is 21.2. The van der Waals surface area contributed by atoms with Gasteiger partial charge in [-0.15, -0.1) is 0 Å². The van der Waals surface area contributed by atoms with E-state index in [4.69, 9.17) is 33.7 Å². The van der Waals surface area contributed by atoms with Gasteiger partial charge in [0.2, 0.25) is 10.0 Å². The number of nitrogens with one attached hydrogen (secondary N) is 1. The largest absolute Gasteiger partial charge is 0.443 e. The number of ether oxygens (including phenoxy) is 3. The van der Waals surface area contributed by atoms with Crippen molar-refractivity contribution in [3.05, 3.63) is 60.2 Å². The topological polar surface area (TPSA) is 140 Å². The molecule has 0 aliphatic carbocycles. The fourth-order valence-corrected chi connectivity index (χ4v) is 5.62. The molecule has 0 saturated carbocycles. The number of carbonyl (C=O) groups is 1. The van der Waals surface area contributed by atoms with Gasteiger partial charge in [0, 0.05) is 28.4 Å². The van der Waals surface area contributed by atoms with E-state index in [0.717, 1.165) is 12.1 Å². The Morgan fingerprint density at radius 3 is 2.71 bits per heavy atom. The third kappa shape index (κ3) is 7.03. The van der Waals surface area contributed by atoms with Crippen molar-refractivity contribution in [3.8, 4) is 0 Å². The summed E-state index contributed by atoms with van der Waals surface area (Å²) in [5, 5.41) is 13.9. The summed E-state index contributed by atoms with van der Waals surface area (Å²) >= 11 is 0. The fourth-order valence-electron chi connectivity index (χ4n) is 4.20. The summed E-state index contributed by atoms with van der Waals surface area (Å²) in [5.74, 6) is -4.33. The molecule has 2 aliphatic rings. The number of nitrogens with two attached hydrogens (primary N) is 1. The number of nitrogen functional groups attached to an aromatic ring is 1. The van der Waals surface area contributed by atoms with Crippen molar-refractivity contribution in [2.24, 2.45) is 11.8 Å². The average molecular weight is 558 g/mol. The number of amides is 1. The SMILES string of the molecule is [2H]C1([2H])O[C@@]2([2H])OCC[C@H]2[C@H]1OC(=O)N[C@@H](Cc1ccccc1)[C@H](O)CN(CC([2H])(C([2H])([2H])[2H])C([2H])([2H])[2H])S(=O)(=O)c1ccc(N)cc1. The van der Waals surface area contributed by atoms with Gasteiger partial charge in [-0.3, -0.25) is 0 Å². The van der Waals surface area contributed by atoms with E-state index in [2.05, 4.69) is 5.32 Å². The number of hydrogen-bond acceptors (Lipinski definition) is 8. The molecular weight excluding hydrogens is 510 g/mol. The first-order valence-corrected chi connectivity index (χ1v) is 13.3. The molecule has 0 unspecified atom stereocenters. The van der Waals surface area contributed by atoms with E-state index in [1.807, 2.05) is 0 Å². The van der Waals surface area contributed by atoms with Crippen LogP contribution in [0.2, 0.25) is 0 Å². The highest BCUT2D eigenvalue weighted by Crippen LogP contribution is 2.33. The Morgan fingerprint density at radius 2 is 2.00 bits per heavy atom. The van der Waals surface area contributed by atoms with Gasteiger partial charge in [-0.25, -0.2) is 13.2 Å². The van der Waals surface area contributed by atoms with Gasteiger partial charge in [0.15, 0.2) is 6.27 Å². The maximum absolute atomic E-state index is 13.9. The summed E-state index contributed by atoms with van der Waals surface area (Å²) in [6.07, 6.45) is -6.80. The second kappa shape index (κ2) is 12.4. The number of fused-ring (bicyclic) bond motifs is 1. The molecule has 0 spiro atoms. The van der Waals surface area contributed by atoms with Crippen LogP contribution in [0, 0.1) is 11.8 Å². The highest BCUT2D eigenvalue weighted by atomic mass is 32.2. The number of benzene rings is 2. The van der Waals surface area contributed by atoms with E-state index in [-0.39, 0.29) is 25.1 Å². The van der Waals surface area contributed by atoms with Crippen LogP contribution < -0.4 is 11.1 Å². The number of aliphatic hydroxyl groups is 1. The van der Waals surface area contributed by atoms with Crippen LogP contribution in [0.1, 0.15) is 39.4 Å². The molecular formula is C27H37N3O7S. The number of sulfonamides is 1. The molecule has 5 atom stereocenters. The Kier molecular flexibility index (Phi) is 5.83. The lowest BCUT2D eigenvalue weighted by Crippen LogP contribution is -2.51. The molecule has 0 aromatic heterocycles. The van der Waals surface area contributed by atoms with Gasteiger partial charge in [0.1, 0.15) is 6.10 Å². The summed E-state index contributed by atoms with van der Waals surface area (Å²) < 4.78 is 124. The van der Waals surface area contributed by atoms with Gasteiger partial charge in [0.05, 0.1) is 40.2 Å². The van der Waals surface area contributed by atoms with Crippen molar-refractivity contribution in [2.45, 2.75) is 56.0 Å². The lowest BCUT2D eigenvalue weighted by molar-refractivity contribution is -0.0907. The number of rotatable bonds is 11. The predicted octanol–water partition coefficient (Wildman–Crippen LogP) is 2.38. The number of nitrogens with zero attached hydrogens (tertiary/aromatic N) is 1. The Bertz CT molecular complexity index is 1530. The van der Waals surface area contributed by atoms with E-state index in [1.165, 1.54) is 12.1 Å². The molecule has 0 bridgehead atoms. The van der Waals surface area contributed by atoms with Crippen molar-refractivity contribution < 1.29 is 46.2 Å². The molecule has 2 saturated heterocycles. The molecule has 2 fully saturated rings. The van der Waals surface area contributed by atoms with E-state index in [0.29, 0.717) is 9.87 Å². The van der Waals surface area contributed by atoms with E-state index in [9.17, 15) is 18.3 Å². The third-order valence-corrected chi connectivity index (χ3v) is 7.99. The van der Waals surface area contributed by atoms with Crippen molar-refractivity contribution in [3.63, 3.8) is 0 Å². The Hall–Kier alpha value is -2.70. The van der Waals surface area contributed by atoms with Crippen LogP contribution in [-0.2, 0) is 30.7 Å². The smallest absolute Gasteiger partial charge is 0.407 e. The zero-order valence-electron chi connectivity index (χ0n) is 30.4. The minimum atomic E-state index is -4.80. The number of alkyl carbamates (subject to hydrolysis) is 1. The van der Waals surface area contributed by atoms with Gasteiger partial charge in [-0.2, -0.15) is 4.31 Å². The zero-order chi connectivity index (χ0) is 35.9. The average Bonchev–Trinajstić information content (AvgIpc) is 3.41. The number of anilines is 1. The molecule has 11 heteroatoms. The van der Waals surface area contributed by atoms with Gasteiger partial charge in [-0.05, 0) is 48.6 Å². The quantitative estimate of drug-likeness (QED) is 0.358. The van der Waals surface area contributed by atoms with Crippen LogP contribution in [0.3, 0.4) is 0 Å². The number of carbonyl (C=O) groups excluding carboxylic acids is 1. The molecule has 208 valence electrons. The molecule has 0 radical (unpaired) electrons. The molecule has 4 rings (SSSR count). The fraction of sp³-hybridized carbons (Fsp3) is 0.519. The van der Waals surface area contributed by atoms with Crippen LogP contribution in [0.4, 0.5) is 10.5 Å². The number of hydrogen-bond donors (Lipinski definition) is 3. The van der Waals surface area contributed by atoms with E-state index < -0.39 is 90.7 Å². The summed E-state index contributed by atoms with van der Waals surface area (Å²) in [7, 11) is -4.80. The van der Waals surface area contributed by atoms with Crippen molar-refractivity contribution in [2.75, 3.05) is 32.0 Å².